The Morgan fingerprint density at radius 2 is 1.68 bits per heavy atom. The first kappa shape index (κ1) is 26.8. The Hall–Kier alpha value is -2.21. The summed E-state index contributed by atoms with van der Waals surface area (Å²) in [4.78, 5) is 10.2. The van der Waals surface area contributed by atoms with Crippen molar-refractivity contribution in [3.8, 4) is 0 Å². The zero-order valence-corrected chi connectivity index (χ0v) is 18.4. The highest BCUT2D eigenvalue weighted by molar-refractivity contribution is 7.89. The van der Waals surface area contributed by atoms with Crippen LogP contribution in [0.3, 0.4) is 0 Å². The van der Waals surface area contributed by atoms with Crippen molar-refractivity contribution in [3.63, 3.8) is 0 Å². The number of anilines is 1. The molecule has 0 fully saturated rings. The van der Waals surface area contributed by atoms with Gasteiger partial charge in [-0.05, 0) is 19.1 Å². The molecule has 2 N–H and O–H groups in total. The maximum absolute atomic E-state index is 13.9. The number of aliphatic hydroxyl groups is 1. The molecule has 0 amide bonds. The standard InChI is InChI=1S/C12H15ClFNO4S.C7H6F3N/c1-3-15(8(2)6-16)20(18,19)12-4-9(7-17)10(13)5-11(12)14;1-11-4-2-5(8)7(10)6(9)3-4/h4-5,7-8,16H,3,6H2,1-2H3;2-3,11H,1H3. The molecule has 0 aliphatic heterocycles. The summed E-state index contributed by atoms with van der Waals surface area (Å²) in [6.07, 6.45) is 0.354. The summed E-state index contributed by atoms with van der Waals surface area (Å²) in [7, 11) is -2.67. The van der Waals surface area contributed by atoms with Gasteiger partial charge in [-0.3, -0.25) is 4.79 Å². The van der Waals surface area contributed by atoms with E-state index < -0.39 is 50.8 Å². The van der Waals surface area contributed by atoms with Crippen molar-refractivity contribution >= 4 is 33.6 Å². The Labute approximate surface area is 182 Å². The van der Waals surface area contributed by atoms with Crippen LogP contribution in [-0.2, 0) is 10.0 Å². The molecule has 6 nitrogen and oxygen atoms in total. The molecule has 0 saturated carbocycles. The highest BCUT2D eigenvalue weighted by Gasteiger charge is 2.30. The van der Waals surface area contributed by atoms with E-state index in [9.17, 15) is 30.8 Å². The molecule has 0 saturated heterocycles. The number of nitrogens with zero attached hydrogens (tertiary/aromatic N) is 1. The zero-order chi connectivity index (χ0) is 23.9. The Bertz CT molecular complexity index is 1010. The Balaban J connectivity index is 0.000000367. The topological polar surface area (TPSA) is 86.7 Å². The molecule has 0 aromatic heterocycles. The molecule has 0 bridgehead atoms. The maximum atomic E-state index is 13.9. The van der Waals surface area contributed by atoms with E-state index in [0.717, 1.165) is 28.6 Å². The number of likely N-dealkylation sites (N-methyl/N-ethyl adjacent to an activating group) is 1. The van der Waals surface area contributed by atoms with Crippen LogP contribution in [0.2, 0.25) is 5.02 Å². The number of rotatable bonds is 7. The number of nitrogens with one attached hydrogen (secondary N) is 1. The van der Waals surface area contributed by atoms with Crippen molar-refractivity contribution in [3.05, 3.63) is 58.1 Å². The molecule has 12 heteroatoms. The lowest BCUT2D eigenvalue weighted by Gasteiger charge is -2.26. The zero-order valence-electron chi connectivity index (χ0n) is 16.8. The van der Waals surface area contributed by atoms with Gasteiger partial charge in [0, 0.05) is 43.0 Å². The summed E-state index contributed by atoms with van der Waals surface area (Å²) >= 11 is 5.64. The van der Waals surface area contributed by atoms with Crippen LogP contribution in [0.25, 0.3) is 0 Å². The third-order valence-electron chi connectivity index (χ3n) is 4.10. The van der Waals surface area contributed by atoms with E-state index in [0.29, 0.717) is 6.29 Å². The van der Waals surface area contributed by atoms with E-state index in [1.807, 2.05) is 0 Å². The minimum absolute atomic E-state index is 0.0581. The Kier molecular flexibility index (Phi) is 9.88. The SMILES string of the molecule is CCN(C(C)CO)S(=O)(=O)c1cc(C=O)c(Cl)cc1F.CNc1cc(F)c(F)c(F)c1. The molecule has 1 unspecified atom stereocenters. The van der Waals surface area contributed by atoms with Gasteiger partial charge in [0.2, 0.25) is 10.0 Å². The first-order valence-corrected chi connectivity index (χ1v) is 10.7. The number of aldehydes is 1. The van der Waals surface area contributed by atoms with Crippen molar-refractivity contribution < 1.29 is 35.9 Å². The number of hydrogen-bond acceptors (Lipinski definition) is 5. The fourth-order valence-corrected chi connectivity index (χ4v) is 4.38. The van der Waals surface area contributed by atoms with Gasteiger partial charge in [0.05, 0.1) is 11.6 Å². The average molecular weight is 485 g/mol. The number of carbonyl (C=O) groups excluding carboxylic acids is 1. The molecule has 0 aliphatic rings. The predicted octanol–water partition coefficient (Wildman–Crippen LogP) is 3.83. The van der Waals surface area contributed by atoms with Crippen LogP contribution in [0.1, 0.15) is 24.2 Å². The van der Waals surface area contributed by atoms with Gasteiger partial charge in [-0.15, -0.1) is 0 Å². The van der Waals surface area contributed by atoms with E-state index in [4.69, 9.17) is 16.7 Å². The van der Waals surface area contributed by atoms with Gasteiger partial charge in [0.25, 0.3) is 0 Å². The smallest absolute Gasteiger partial charge is 0.246 e. The minimum atomic E-state index is -4.16. The monoisotopic (exact) mass is 484 g/mol. The first-order valence-electron chi connectivity index (χ1n) is 8.83. The van der Waals surface area contributed by atoms with Gasteiger partial charge < -0.3 is 10.4 Å². The quantitative estimate of drug-likeness (QED) is 0.354. The van der Waals surface area contributed by atoms with Crippen LogP contribution in [-0.4, -0.2) is 50.4 Å². The lowest BCUT2D eigenvalue weighted by Crippen LogP contribution is -2.40. The van der Waals surface area contributed by atoms with Gasteiger partial charge >= 0.3 is 0 Å². The lowest BCUT2D eigenvalue weighted by atomic mass is 10.2. The van der Waals surface area contributed by atoms with E-state index in [1.165, 1.54) is 14.0 Å². The molecule has 0 aliphatic carbocycles. The molecule has 0 heterocycles. The third kappa shape index (κ3) is 6.39. The van der Waals surface area contributed by atoms with E-state index >= 15 is 0 Å². The number of sulfonamides is 1. The molecule has 0 radical (unpaired) electrons. The highest BCUT2D eigenvalue weighted by Crippen LogP contribution is 2.26. The summed E-state index contributed by atoms with van der Waals surface area (Å²) in [5, 5.41) is 11.4. The van der Waals surface area contributed by atoms with Crippen LogP contribution in [0.15, 0.2) is 29.2 Å². The average Bonchev–Trinajstić information content (AvgIpc) is 2.72. The number of hydrogen-bond donors (Lipinski definition) is 2. The van der Waals surface area contributed by atoms with Gasteiger partial charge in [-0.25, -0.2) is 26.0 Å². The van der Waals surface area contributed by atoms with Gasteiger partial charge in [-0.2, -0.15) is 4.31 Å². The van der Waals surface area contributed by atoms with Crippen molar-refractivity contribution in [2.75, 3.05) is 25.5 Å². The maximum Gasteiger partial charge on any atom is 0.246 e. The second-order valence-corrected chi connectivity index (χ2v) is 8.43. The summed E-state index contributed by atoms with van der Waals surface area (Å²) in [5.74, 6) is -4.85. The fourth-order valence-electron chi connectivity index (χ4n) is 2.47. The number of benzene rings is 2. The summed E-state index contributed by atoms with van der Waals surface area (Å²) in [6.45, 7) is 2.72. The lowest BCUT2D eigenvalue weighted by molar-refractivity contribution is 0.112. The summed E-state index contributed by atoms with van der Waals surface area (Å²) < 4.78 is 76.6. The predicted molar refractivity (Wildman–Crippen MR) is 109 cm³/mol. The van der Waals surface area contributed by atoms with Gasteiger partial charge in [0.15, 0.2) is 23.7 Å². The number of aliphatic hydroxyl groups excluding tert-OH is 1. The van der Waals surface area contributed by atoms with Crippen LogP contribution in [0, 0.1) is 23.3 Å². The van der Waals surface area contributed by atoms with Crippen LogP contribution < -0.4 is 5.32 Å². The molecule has 1 atom stereocenters. The molecular formula is C19H21ClF4N2O4S. The van der Waals surface area contributed by atoms with E-state index in [1.54, 1.807) is 6.92 Å². The van der Waals surface area contributed by atoms with Crippen LogP contribution in [0.5, 0.6) is 0 Å². The molecule has 0 spiro atoms. The second-order valence-electron chi connectivity index (χ2n) is 6.17. The van der Waals surface area contributed by atoms with Gasteiger partial charge in [-0.1, -0.05) is 18.5 Å². The second kappa shape index (κ2) is 11.4. The first-order chi connectivity index (χ1) is 14.4. The largest absolute Gasteiger partial charge is 0.395 e. The van der Waals surface area contributed by atoms with Crippen molar-refractivity contribution in [1.82, 2.24) is 4.31 Å². The van der Waals surface area contributed by atoms with Crippen LogP contribution in [0.4, 0.5) is 23.2 Å². The molecule has 2 aromatic rings. The van der Waals surface area contributed by atoms with E-state index in [-0.39, 0.29) is 22.8 Å². The molecule has 2 rings (SSSR count). The fraction of sp³-hybridized carbons (Fsp3) is 0.316. The molecule has 31 heavy (non-hydrogen) atoms. The summed E-state index contributed by atoms with van der Waals surface area (Å²) in [5.41, 5.74) is 0.0979. The Morgan fingerprint density at radius 3 is 2.10 bits per heavy atom. The number of halogens is 5. The number of carbonyl (C=O) groups is 1. The molecule has 2 aromatic carbocycles. The van der Waals surface area contributed by atoms with E-state index in [2.05, 4.69) is 5.32 Å². The Morgan fingerprint density at radius 1 is 1.13 bits per heavy atom. The normalized spacial score (nSPS) is 12.2. The third-order valence-corrected chi connectivity index (χ3v) is 6.54. The van der Waals surface area contributed by atoms with Gasteiger partial charge in [0.1, 0.15) is 10.7 Å². The van der Waals surface area contributed by atoms with Crippen molar-refractivity contribution in [2.45, 2.75) is 24.8 Å². The molecular weight excluding hydrogens is 464 g/mol. The van der Waals surface area contributed by atoms with Crippen LogP contribution >= 0.6 is 11.6 Å². The summed E-state index contributed by atoms with van der Waals surface area (Å²) in [6, 6.07) is 2.75. The van der Waals surface area contributed by atoms with Crippen molar-refractivity contribution in [1.29, 1.82) is 0 Å². The minimum Gasteiger partial charge on any atom is -0.395 e. The molecule has 172 valence electrons. The van der Waals surface area contributed by atoms with Crippen molar-refractivity contribution in [2.24, 2.45) is 0 Å². The highest BCUT2D eigenvalue weighted by atomic mass is 35.5.